The number of benzene rings is 6. The Kier molecular flexibility index (Phi) is 4.39. The van der Waals surface area contributed by atoms with Crippen LogP contribution in [0.5, 0.6) is 0 Å². The molecular formula is C38H21N3O2. The van der Waals surface area contributed by atoms with Crippen LogP contribution >= 0.6 is 0 Å². The Morgan fingerprint density at radius 1 is 0.442 bits per heavy atom. The molecule has 0 fully saturated rings. The van der Waals surface area contributed by atoms with Crippen LogP contribution in [-0.2, 0) is 0 Å². The van der Waals surface area contributed by atoms with E-state index in [1.165, 1.54) is 10.8 Å². The summed E-state index contributed by atoms with van der Waals surface area (Å²) in [5.74, 6) is 0.635. The molecule has 0 radical (unpaired) electrons. The number of nitrogens with zero attached hydrogens (tertiary/aromatic N) is 3. The Morgan fingerprint density at radius 3 is 1.86 bits per heavy atom. The van der Waals surface area contributed by atoms with Crippen molar-refractivity contribution in [1.82, 2.24) is 14.5 Å². The minimum Gasteiger partial charge on any atom is -0.456 e. The van der Waals surface area contributed by atoms with Gasteiger partial charge in [-0.25, -0.2) is 9.97 Å². The molecule has 0 amide bonds. The summed E-state index contributed by atoms with van der Waals surface area (Å²) < 4.78 is 14.9. The normalized spacial score (nSPS) is 12.2. The molecule has 5 nitrogen and oxygen atoms in total. The number of hydrogen-bond acceptors (Lipinski definition) is 4. The summed E-state index contributed by atoms with van der Waals surface area (Å²) >= 11 is 0. The van der Waals surface area contributed by atoms with Gasteiger partial charge in [-0.3, -0.25) is 4.57 Å². The molecule has 5 heteroatoms. The Hall–Kier alpha value is -5.94. The lowest BCUT2D eigenvalue weighted by atomic mass is 10.00. The van der Waals surface area contributed by atoms with Crippen LogP contribution in [0.1, 0.15) is 0 Å². The molecule has 0 saturated carbocycles. The summed E-state index contributed by atoms with van der Waals surface area (Å²) in [5.41, 5.74) is 8.22. The van der Waals surface area contributed by atoms with Crippen molar-refractivity contribution in [2.45, 2.75) is 0 Å². The number of hydrogen-bond donors (Lipinski definition) is 0. The van der Waals surface area contributed by atoms with Crippen molar-refractivity contribution in [1.29, 1.82) is 0 Å². The summed E-state index contributed by atoms with van der Waals surface area (Å²) in [4.78, 5) is 10.4. The first-order chi connectivity index (χ1) is 21.3. The third kappa shape index (κ3) is 3.11. The van der Waals surface area contributed by atoms with E-state index in [1.807, 2.05) is 42.5 Å². The van der Waals surface area contributed by atoms with Gasteiger partial charge in [0.25, 0.3) is 0 Å². The first-order valence-corrected chi connectivity index (χ1v) is 14.3. The third-order valence-corrected chi connectivity index (χ3v) is 8.62. The van der Waals surface area contributed by atoms with Gasteiger partial charge in [0, 0.05) is 43.3 Å². The fraction of sp³-hybridized carbons (Fsp3) is 0. The topological polar surface area (TPSA) is 57.0 Å². The van der Waals surface area contributed by atoms with Gasteiger partial charge >= 0.3 is 0 Å². The molecule has 0 spiro atoms. The second-order valence-corrected chi connectivity index (χ2v) is 11.0. The standard InChI is InChI=1S/C38H21N3O2/c1-5-15-29-25(13-1)37(40-38(39-29)41-30-16-6-2-10-22(30)23-11-3-7-17-31(23)41)26-14-9-19-33-36(26)28-21-34-27(20-35(28)43-33)24-12-4-8-18-32(24)42-34/h1-21H. The monoisotopic (exact) mass is 551 g/mol. The van der Waals surface area contributed by atoms with Gasteiger partial charge in [0.1, 0.15) is 22.3 Å². The Bertz CT molecular complexity index is 2690. The average molecular weight is 552 g/mol. The minimum absolute atomic E-state index is 0.635. The molecule has 0 aliphatic carbocycles. The zero-order chi connectivity index (χ0) is 28.1. The molecule has 0 saturated heterocycles. The van der Waals surface area contributed by atoms with Gasteiger partial charge in [-0.15, -0.1) is 0 Å². The Balaban J connectivity index is 1.31. The third-order valence-electron chi connectivity index (χ3n) is 8.62. The molecule has 4 aromatic heterocycles. The van der Waals surface area contributed by atoms with Crippen LogP contribution in [0.25, 0.3) is 93.8 Å². The molecule has 43 heavy (non-hydrogen) atoms. The zero-order valence-electron chi connectivity index (χ0n) is 22.8. The summed E-state index contributed by atoms with van der Waals surface area (Å²) in [6, 6.07) is 43.6. The van der Waals surface area contributed by atoms with Crippen molar-refractivity contribution in [3.8, 4) is 17.2 Å². The SMILES string of the molecule is c1ccc2c(-c3cccc4oc5cc6c(cc5c34)oc3ccccc36)nc(-n3c4ccccc4c4ccccc43)nc2c1. The maximum Gasteiger partial charge on any atom is 0.235 e. The van der Waals surface area contributed by atoms with Crippen molar-refractivity contribution in [3.05, 3.63) is 127 Å². The number of furan rings is 2. The lowest BCUT2D eigenvalue weighted by Gasteiger charge is -2.12. The van der Waals surface area contributed by atoms with Gasteiger partial charge in [0.05, 0.1) is 22.2 Å². The van der Waals surface area contributed by atoms with E-state index in [-0.39, 0.29) is 0 Å². The van der Waals surface area contributed by atoms with Crippen LogP contribution in [0.2, 0.25) is 0 Å². The van der Waals surface area contributed by atoms with Crippen molar-refractivity contribution >= 4 is 76.6 Å². The van der Waals surface area contributed by atoms with E-state index in [0.29, 0.717) is 5.95 Å². The molecule has 200 valence electrons. The van der Waals surface area contributed by atoms with E-state index in [2.05, 4.69) is 89.5 Å². The van der Waals surface area contributed by atoms with Crippen molar-refractivity contribution in [2.24, 2.45) is 0 Å². The molecular weight excluding hydrogens is 530 g/mol. The van der Waals surface area contributed by atoms with Crippen LogP contribution in [0.15, 0.2) is 136 Å². The highest BCUT2D eigenvalue weighted by Crippen LogP contribution is 2.42. The van der Waals surface area contributed by atoms with Crippen LogP contribution in [0, 0.1) is 0 Å². The number of para-hydroxylation sites is 4. The molecule has 0 atom stereocenters. The zero-order valence-corrected chi connectivity index (χ0v) is 22.8. The first kappa shape index (κ1) is 22.7. The van der Waals surface area contributed by atoms with Crippen LogP contribution in [0.3, 0.4) is 0 Å². The average Bonchev–Trinajstić information content (AvgIpc) is 3.72. The number of fused-ring (bicyclic) bond motifs is 10. The molecule has 0 aliphatic rings. The molecule has 0 aliphatic heterocycles. The molecule has 0 N–H and O–H groups in total. The molecule has 0 bridgehead atoms. The Morgan fingerprint density at radius 2 is 1.05 bits per heavy atom. The molecule has 6 aromatic carbocycles. The van der Waals surface area contributed by atoms with Gasteiger partial charge in [-0.1, -0.05) is 84.9 Å². The molecule has 10 rings (SSSR count). The number of aromatic nitrogens is 3. The van der Waals surface area contributed by atoms with E-state index >= 15 is 0 Å². The van der Waals surface area contributed by atoms with E-state index in [9.17, 15) is 0 Å². The Labute approximate surface area is 244 Å². The lowest BCUT2D eigenvalue weighted by molar-refractivity contribution is 0.664. The second-order valence-electron chi connectivity index (χ2n) is 11.0. The highest BCUT2D eigenvalue weighted by atomic mass is 16.3. The van der Waals surface area contributed by atoms with Gasteiger partial charge in [0.15, 0.2) is 0 Å². The number of rotatable bonds is 2. The largest absolute Gasteiger partial charge is 0.456 e. The van der Waals surface area contributed by atoms with Crippen LogP contribution < -0.4 is 0 Å². The van der Waals surface area contributed by atoms with Gasteiger partial charge in [0.2, 0.25) is 5.95 Å². The predicted molar refractivity (Wildman–Crippen MR) is 174 cm³/mol. The highest BCUT2D eigenvalue weighted by Gasteiger charge is 2.21. The maximum absolute atomic E-state index is 6.48. The van der Waals surface area contributed by atoms with Crippen LogP contribution in [0.4, 0.5) is 0 Å². The fourth-order valence-corrected chi connectivity index (χ4v) is 6.75. The first-order valence-electron chi connectivity index (χ1n) is 14.3. The summed E-state index contributed by atoms with van der Waals surface area (Å²) in [6.45, 7) is 0. The summed E-state index contributed by atoms with van der Waals surface area (Å²) in [7, 11) is 0. The van der Waals surface area contributed by atoms with Crippen LogP contribution in [-0.4, -0.2) is 14.5 Å². The van der Waals surface area contributed by atoms with Crippen molar-refractivity contribution in [2.75, 3.05) is 0 Å². The fourth-order valence-electron chi connectivity index (χ4n) is 6.75. The molecule has 0 unspecified atom stereocenters. The van der Waals surface area contributed by atoms with Crippen molar-refractivity contribution < 1.29 is 8.83 Å². The van der Waals surface area contributed by atoms with Gasteiger partial charge < -0.3 is 8.83 Å². The van der Waals surface area contributed by atoms with E-state index in [0.717, 1.165) is 77.1 Å². The summed E-state index contributed by atoms with van der Waals surface area (Å²) in [6.07, 6.45) is 0. The van der Waals surface area contributed by atoms with E-state index in [1.54, 1.807) is 0 Å². The van der Waals surface area contributed by atoms with Gasteiger partial charge in [-0.2, -0.15) is 0 Å². The van der Waals surface area contributed by atoms with Gasteiger partial charge in [-0.05, 0) is 42.5 Å². The minimum atomic E-state index is 0.635. The highest BCUT2D eigenvalue weighted by molar-refractivity contribution is 6.19. The van der Waals surface area contributed by atoms with E-state index < -0.39 is 0 Å². The smallest absolute Gasteiger partial charge is 0.235 e. The van der Waals surface area contributed by atoms with E-state index in [4.69, 9.17) is 18.8 Å². The molecule has 10 aromatic rings. The molecule has 4 heterocycles. The second kappa shape index (κ2) is 8.30. The summed E-state index contributed by atoms with van der Waals surface area (Å²) in [5, 5.41) is 7.47. The predicted octanol–water partition coefficient (Wildman–Crippen LogP) is 10.2. The quantitative estimate of drug-likeness (QED) is 0.214. The lowest BCUT2D eigenvalue weighted by Crippen LogP contribution is -2.03. The van der Waals surface area contributed by atoms with Crippen molar-refractivity contribution in [3.63, 3.8) is 0 Å². The maximum atomic E-state index is 6.48.